The van der Waals surface area contributed by atoms with Crippen molar-refractivity contribution in [3.63, 3.8) is 0 Å². The van der Waals surface area contributed by atoms with Crippen molar-refractivity contribution in [3.8, 4) is 6.07 Å². The minimum atomic E-state index is -0.845. The van der Waals surface area contributed by atoms with E-state index < -0.39 is 5.41 Å². The van der Waals surface area contributed by atoms with Gasteiger partial charge in [0.15, 0.2) is 0 Å². The molecular formula is C24H33N9O2S. The van der Waals surface area contributed by atoms with Crippen molar-refractivity contribution in [2.75, 3.05) is 32.9 Å². The van der Waals surface area contributed by atoms with Crippen molar-refractivity contribution >= 4 is 29.0 Å². The summed E-state index contributed by atoms with van der Waals surface area (Å²) in [5.41, 5.74) is 15.5. The molecule has 1 aromatic heterocycles. The van der Waals surface area contributed by atoms with Crippen molar-refractivity contribution in [2.24, 2.45) is 15.3 Å². The van der Waals surface area contributed by atoms with Gasteiger partial charge in [0.25, 0.3) is 0 Å². The molecule has 3 rings (SSSR count). The van der Waals surface area contributed by atoms with Crippen LogP contribution in [0, 0.1) is 11.3 Å². The van der Waals surface area contributed by atoms with Crippen LogP contribution in [-0.2, 0) is 21.4 Å². The fourth-order valence-corrected chi connectivity index (χ4v) is 6.26. The number of hydrogen-bond donors (Lipinski definition) is 2. The van der Waals surface area contributed by atoms with Crippen LogP contribution in [0.4, 0.5) is 5.00 Å². The second kappa shape index (κ2) is 11.9. The first-order valence-corrected chi connectivity index (χ1v) is 12.6. The van der Waals surface area contributed by atoms with Crippen LogP contribution in [0.15, 0.2) is 39.5 Å². The second-order valence-corrected chi connectivity index (χ2v) is 10.1. The number of aryl methyl sites for hydroxylation is 1. The molecule has 0 spiro atoms. The van der Waals surface area contributed by atoms with E-state index in [0.29, 0.717) is 28.6 Å². The van der Waals surface area contributed by atoms with Gasteiger partial charge in [-0.05, 0) is 63.3 Å². The van der Waals surface area contributed by atoms with Crippen LogP contribution in [0.1, 0.15) is 48.6 Å². The molecule has 0 amide bonds. The van der Waals surface area contributed by atoms with Crippen molar-refractivity contribution in [2.45, 2.75) is 56.6 Å². The lowest BCUT2D eigenvalue weighted by Crippen LogP contribution is -2.39. The Morgan fingerprint density at radius 2 is 2.31 bits per heavy atom. The quantitative estimate of drug-likeness (QED) is 0.0912. The highest BCUT2D eigenvalue weighted by Crippen LogP contribution is 2.49. The van der Waals surface area contributed by atoms with Gasteiger partial charge >= 0.3 is 0 Å². The molecular weight excluding hydrogens is 478 g/mol. The number of nitrogens with two attached hydrogens (primary N) is 1. The van der Waals surface area contributed by atoms with Crippen LogP contribution in [0.5, 0.6) is 0 Å². The number of thiophene rings is 1. The Balaban J connectivity index is 2.08. The highest BCUT2D eigenvalue weighted by Gasteiger charge is 2.45. The molecule has 1 fully saturated rings. The fraction of sp³-hybridized carbons (Fsp3) is 0.542. The average molecular weight is 512 g/mol. The number of rotatable bonds is 10. The summed E-state index contributed by atoms with van der Waals surface area (Å²) in [5.74, 6) is 0.904. The summed E-state index contributed by atoms with van der Waals surface area (Å²) < 4.78 is 6.32. The molecule has 1 aliphatic carbocycles. The number of anilines is 1. The number of nitrogens with zero attached hydrogens (tertiary/aromatic N) is 7. The summed E-state index contributed by atoms with van der Waals surface area (Å²) in [6.45, 7) is 10.8. The van der Waals surface area contributed by atoms with Crippen molar-refractivity contribution in [3.05, 3.63) is 50.7 Å². The molecule has 2 aliphatic rings. The molecule has 36 heavy (non-hydrogen) atoms. The molecule has 1 aromatic rings. The zero-order chi connectivity index (χ0) is 26.3. The number of nitrogens with one attached hydrogen (secondary N) is 1. The number of oxime groups is 1. The number of likely N-dealkylation sites (tertiary alicyclic amines) is 1. The number of likely N-dealkylation sites (N-methyl/N-ethyl adjacent to an activating group) is 1. The van der Waals surface area contributed by atoms with E-state index in [9.17, 15) is 5.26 Å². The molecule has 192 valence electrons. The van der Waals surface area contributed by atoms with E-state index in [1.165, 1.54) is 11.3 Å². The van der Waals surface area contributed by atoms with E-state index in [1.54, 1.807) is 13.1 Å². The van der Waals surface area contributed by atoms with Crippen molar-refractivity contribution in [1.82, 2.24) is 10.2 Å². The van der Waals surface area contributed by atoms with Gasteiger partial charge in [0.1, 0.15) is 28.8 Å². The monoisotopic (exact) mass is 511 g/mol. The van der Waals surface area contributed by atoms with Gasteiger partial charge in [0, 0.05) is 41.2 Å². The van der Waals surface area contributed by atoms with E-state index in [2.05, 4.69) is 51.8 Å². The largest absolute Gasteiger partial charge is 0.473 e. The molecule has 0 bridgehead atoms. The van der Waals surface area contributed by atoms with Crippen molar-refractivity contribution in [1.29, 1.82) is 5.26 Å². The number of fused-ring (bicyclic) bond motifs is 1. The van der Waals surface area contributed by atoms with E-state index in [0.717, 1.165) is 42.7 Å². The molecule has 3 N–H and O–H groups in total. The van der Waals surface area contributed by atoms with Crippen LogP contribution in [-0.4, -0.2) is 56.8 Å². The Labute approximate surface area is 215 Å². The van der Waals surface area contributed by atoms with Crippen LogP contribution >= 0.6 is 11.3 Å². The first-order chi connectivity index (χ1) is 17.3. The molecule has 1 aliphatic heterocycles. The van der Waals surface area contributed by atoms with E-state index >= 15 is 0 Å². The smallest absolute Gasteiger partial charge is 0.210 e. The molecule has 0 saturated carbocycles. The standard InChI is InChI=1S/C24H33N9O2S/c1-15(18-8-7-11-33(18)5)34-21(12-20(28-3)31-32-27)30-14-24(16(2)35-29-4)10-6-9-19-22(24)17(13-25)23(26)36-19/h12,15,18,28H,2,4,6-11,14,26H2,1,3,5H3/b20-12+,30-21?/t15-,18-,24-/m0/s1. The number of aliphatic imine (C=N–C) groups is 1. The summed E-state index contributed by atoms with van der Waals surface area (Å²) in [7, 11) is 3.73. The first-order valence-electron chi connectivity index (χ1n) is 11.8. The van der Waals surface area contributed by atoms with Gasteiger partial charge in [-0.15, -0.1) is 11.3 Å². The minimum Gasteiger partial charge on any atom is -0.473 e. The Morgan fingerprint density at radius 1 is 1.53 bits per heavy atom. The van der Waals surface area contributed by atoms with E-state index in [1.807, 2.05) is 6.92 Å². The zero-order valence-corrected chi connectivity index (χ0v) is 21.8. The topological polar surface area (TPSA) is 157 Å². The number of azide groups is 1. The predicted molar refractivity (Wildman–Crippen MR) is 143 cm³/mol. The molecule has 3 atom stereocenters. The number of nitrogen functional groups attached to an aromatic ring is 1. The fourth-order valence-electron chi connectivity index (χ4n) is 5.10. The van der Waals surface area contributed by atoms with E-state index in [4.69, 9.17) is 25.8 Å². The van der Waals surface area contributed by atoms with E-state index in [-0.39, 0.29) is 24.5 Å². The number of hydrogen-bond acceptors (Lipinski definition) is 10. The lowest BCUT2D eigenvalue weighted by molar-refractivity contribution is 0.111. The molecule has 1 saturated heterocycles. The average Bonchev–Trinajstić information content (AvgIpc) is 3.44. The summed E-state index contributed by atoms with van der Waals surface area (Å²) in [6, 6.07) is 2.49. The van der Waals surface area contributed by atoms with Crippen LogP contribution in [0.2, 0.25) is 0 Å². The highest BCUT2D eigenvalue weighted by molar-refractivity contribution is 7.16. The highest BCUT2D eigenvalue weighted by atomic mass is 32.1. The third-order valence-corrected chi connectivity index (χ3v) is 7.99. The van der Waals surface area contributed by atoms with Gasteiger partial charge in [-0.25, -0.2) is 0 Å². The maximum atomic E-state index is 9.90. The summed E-state index contributed by atoms with van der Waals surface area (Å²) in [5, 5.41) is 20.5. The zero-order valence-electron chi connectivity index (χ0n) is 21.0. The summed E-state index contributed by atoms with van der Waals surface area (Å²) in [6.07, 6.45) is 5.82. The van der Waals surface area contributed by atoms with Gasteiger partial charge in [0.2, 0.25) is 5.90 Å². The minimum absolute atomic E-state index is 0.157. The molecule has 0 radical (unpaired) electrons. The number of nitriles is 1. The lowest BCUT2D eigenvalue weighted by Gasteiger charge is -2.36. The van der Waals surface area contributed by atoms with Crippen molar-refractivity contribution < 1.29 is 9.57 Å². The SMILES string of the molecule is C=NOC(=C)[C@@]1(CN=C(/C=C(/N=[N+]=[N-])NC)O[C@@H](C)[C@@H]2CCCN2C)CCCc2sc(N)c(C#N)c21. The molecule has 12 heteroatoms. The van der Waals surface area contributed by atoms with Gasteiger partial charge in [0.05, 0.1) is 17.5 Å². The second-order valence-electron chi connectivity index (χ2n) is 8.97. The maximum Gasteiger partial charge on any atom is 0.210 e. The lowest BCUT2D eigenvalue weighted by atomic mass is 9.70. The normalized spacial score (nSPS) is 23.1. The molecule has 0 aromatic carbocycles. The molecule has 11 nitrogen and oxygen atoms in total. The van der Waals surface area contributed by atoms with Gasteiger partial charge in [-0.2, -0.15) is 5.26 Å². The third kappa shape index (κ3) is 5.49. The molecule has 0 unspecified atom stereocenters. The third-order valence-electron chi connectivity index (χ3n) is 6.91. The van der Waals surface area contributed by atoms with Crippen LogP contribution in [0.3, 0.4) is 0 Å². The Bertz CT molecular complexity index is 1150. The van der Waals surface area contributed by atoms with Crippen LogP contribution in [0.25, 0.3) is 10.4 Å². The Hall–Kier alpha value is -3.52. The summed E-state index contributed by atoms with van der Waals surface area (Å²) >= 11 is 1.41. The predicted octanol–water partition coefficient (Wildman–Crippen LogP) is 4.19. The first kappa shape index (κ1) is 27.1. The maximum absolute atomic E-state index is 9.90. The summed E-state index contributed by atoms with van der Waals surface area (Å²) in [4.78, 5) is 16.5. The Morgan fingerprint density at radius 3 is 2.92 bits per heavy atom. The van der Waals surface area contributed by atoms with Gasteiger partial charge in [-0.3, -0.25) is 9.89 Å². The van der Waals surface area contributed by atoms with Gasteiger partial charge in [-0.1, -0.05) is 11.7 Å². The van der Waals surface area contributed by atoms with Crippen LogP contribution < -0.4 is 11.1 Å². The number of ether oxygens (including phenoxy) is 1. The Kier molecular flexibility index (Phi) is 8.98. The van der Waals surface area contributed by atoms with Gasteiger partial charge < -0.3 is 20.6 Å². The molecule has 2 heterocycles.